The maximum atomic E-state index is 12.0. The monoisotopic (exact) mass is 432 g/mol. The molecule has 0 atom stereocenters. The van der Waals surface area contributed by atoms with Gasteiger partial charge in [-0.15, -0.1) is 0 Å². The van der Waals surface area contributed by atoms with Gasteiger partial charge in [0, 0.05) is 45.7 Å². The number of amides is 1. The van der Waals surface area contributed by atoms with Gasteiger partial charge >= 0.3 is 0 Å². The number of rotatable bonds is 9. The SMILES string of the molecule is CCS(=O)(=O)N1CCN(CCC(=O)NCCc2ccc(S(N)(=O)=O)cc2)CC1. The fraction of sp³-hybridized carbons (Fsp3) is 0.588. The molecule has 11 heteroatoms. The number of primary sulfonamides is 1. The molecule has 2 rings (SSSR count). The summed E-state index contributed by atoms with van der Waals surface area (Å²) in [5.41, 5.74) is 0.904. The molecule has 0 aromatic heterocycles. The van der Waals surface area contributed by atoms with Gasteiger partial charge in [0.15, 0.2) is 0 Å². The van der Waals surface area contributed by atoms with Crippen molar-refractivity contribution >= 4 is 26.0 Å². The first-order chi connectivity index (χ1) is 13.1. The Morgan fingerprint density at radius 3 is 2.21 bits per heavy atom. The van der Waals surface area contributed by atoms with E-state index in [1.54, 1.807) is 19.1 Å². The van der Waals surface area contributed by atoms with Gasteiger partial charge in [0.25, 0.3) is 0 Å². The summed E-state index contributed by atoms with van der Waals surface area (Å²) in [7, 11) is -6.83. The average molecular weight is 433 g/mol. The Morgan fingerprint density at radius 1 is 1.07 bits per heavy atom. The molecule has 0 bridgehead atoms. The molecule has 28 heavy (non-hydrogen) atoms. The molecule has 158 valence electrons. The molecule has 1 aliphatic heterocycles. The maximum absolute atomic E-state index is 12.0. The number of hydrogen-bond acceptors (Lipinski definition) is 6. The molecule has 1 amide bonds. The molecule has 3 N–H and O–H groups in total. The molecule has 1 aromatic rings. The molecule has 1 aliphatic rings. The van der Waals surface area contributed by atoms with E-state index in [2.05, 4.69) is 10.2 Å². The number of nitrogens with two attached hydrogens (primary N) is 1. The first-order valence-electron chi connectivity index (χ1n) is 9.20. The summed E-state index contributed by atoms with van der Waals surface area (Å²) < 4.78 is 47.6. The molecule has 0 unspecified atom stereocenters. The molecule has 0 saturated carbocycles. The minimum atomic E-state index is -3.70. The van der Waals surface area contributed by atoms with Gasteiger partial charge in [0.1, 0.15) is 0 Å². The second-order valence-electron chi connectivity index (χ2n) is 6.68. The Balaban J connectivity index is 1.66. The molecule has 0 aliphatic carbocycles. The predicted octanol–water partition coefficient (Wildman–Crippen LogP) is -0.650. The van der Waals surface area contributed by atoms with Crippen molar-refractivity contribution in [2.45, 2.75) is 24.7 Å². The van der Waals surface area contributed by atoms with Crippen molar-refractivity contribution < 1.29 is 21.6 Å². The van der Waals surface area contributed by atoms with E-state index in [9.17, 15) is 21.6 Å². The maximum Gasteiger partial charge on any atom is 0.238 e. The molecular formula is C17H28N4O5S2. The summed E-state index contributed by atoms with van der Waals surface area (Å²) in [4.78, 5) is 14.1. The van der Waals surface area contributed by atoms with Gasteiger partial charge in [-0.3, -0.25) is 4.79 Å². The minimum Gasteiger partial charge on any atom is -0.356 e. The summed E-state index contributed by atoms with van der Waals surface area (Å²) >= 11 is 0. The fourth-order valence-corrected chi connectivity index (χ4v) is 4.55. The zero-order valence-electron chi connectivity index (χ0n) is 16.0. The minimum absolute atomic E-state index is 0.0621. The van der Waals surface area contributed by atoms with Crippen LogP contribution in [0, 0.1) is 0 Å². The summed E-state index contributed by atoms with van der Waals surface area (Å²) in [5.74, 6) is 0.0462. The summed E-state index contributed by atoms with van der Waals surface area (Å²) in [6.45, 7) is 4.87. The highest BCUT2D eigenvalue weighted by molar-refractivity contribution is 7.89. The Morgan fingerprint density at radius 2 is 1.68 bits per heavy atom. The number of benzene rings is 1. The number of hydrogen-bond donors (Lipinski definition) is 2. The highest BCUT2D eigenvalue weighted by Gasteiger charge is 2.25. The first-order valence-corrected chi connectivity index (χ1v) is 12.4. The summed E-state index contributed by atoms with van der Waals surface area (Å²) in [5, 5.41) is 7.90. The van der Waals surface area contributed by atoms with E-state index < -0.39 is 20.0 Å². The van der Waals surface area contributed by atoms with E-state index in [0.29, 0.717) is 52.1 Å². The number of carbonyl (C=O) groups is 1. The lowest BCUT2D eigenvalue weighted by molar-refractivity contribution is -0.121. The van der Waals surface area contributed by atoms with Crippen molar-refractivity contribution in [3.05, 3.63) is 29.8 Å². The largest absolute Gasteiger partial charge is 0.356 e. The van der Waals surface area contributed by atoms with Crippen molar-refractivity contribution in [1.29, 1.82) is 0 Å². The van der Waals surface area contributed by atoms with E-state index in [1.807, 2.05) is 0 Å². The van der Waals surface area contributed by atoms with Crippen molar-refractivity contribution in [2.75, 3.05) is 45.0 Å². The average Bonchev–Trinajstić information content (AvgIpc) is 2.66. The number of nitrogens with one attached hydrogen (secondary N) is 1. The Bertz CT molecular complexity index is 861. The normalized spacial score (nSPS) is 16.8. The second-order valence-corrected chi connectivity index (χ2v) is 10.5. The van der Waals surface area contributed by atoms with Crippen LogP contribution in [0.25, 0.3) is 0 Å². The molecule has 1 fully saturated rings. The third kappa shape index (κ3) is 6.82. The standard InChI is InChI=1S/C17H28N4O5S2/c1-2-27(23,24)21-13-11-20(12-14-21)10-8-17(22)19-9-7-15-3-5-16(6-4-15)28(18,25)26/h3-6H,2,7-14H2,1H3,(H,19,22)(H2,18,25,26). The van der Waals surface area contributed by atoms with Crippen molar-refractivity contribution in [3.63, 3.8) is 0 Å². The Hall–Kier alpha value is -1.53. The quantitative estimate of drug-likeness (QED) is 0.533. The van der Waals surface area contributed by atoms with Crippen LogP contribution in [0.5, 0.6) is 0 Å². The van der Waals surface area contributed by atoms with Gasteiger partial charge in [0.05, 0.1) is 10.6 Å². The molecule has 0 spiro atoms. The highest BCUT2D eigenvalue weighted by atomic mass is 32.2. The number of nitrogens with zero attached hydrogens (tertiary/aromatic N) is 2. The van der Waals surface area contributed by atoms with Crippen molar-refractivity contribution in [3.8, 4) is 0 Å². The van der Waals surface area contributed by atoms with Gasteiger partial charge in [-0.05, 0) is 31.0 Å². The van der Waals surface area contributed by atoms with Crippen LogP contribution in [0.3, 0.4) is 0 Å². The summed E-state index contributed by atoms with van der Waals surface area (Å²) in [6, 6.07) is 6.25. The number of piperazine rings is 1. The van der Waals surface area contributed by atoms with Gasteiger partial charge in [-0.2, -0.15) is 4.31 Å². The van der Waals surface area contributed by atoms with Crippen LogP contribution < -0.4 is 10.5 Å². The van der Waals surface area contributed by atoms with E-state index >= 15 is 0 Å². The van der Waals surface area contributed by atoms with Gasteiger partial charge in [0.2, 0.25) is 26.0 Å². The van der Waals surface area contributed by atoms with Crippen LogP contribution in [-0.2, 0) is 31.3 Å². The fourth-order valence-electron chi connectivity index (χ4n) is 2.95. The zero-order valence-corrected chi connectivity index (χ0v) is 17.6. The van der Waals surface area contributed by atoms with Gasteiger partial charge in [-0.1, -0.05) is 12.1 Å². The van der Waals surface area contributed by atoms with Crippen LogP contribution in [0.2, 0.25) is 0 Å². The third-order valence-corrected chi connectivity index (χ3v) is 7.54. The van der Waals surface area contributed by atoms with Crippen LogP contribution in [0.15, 0.2) is 29.2 Å². The molecule has 9 nitrogen and oxygen atoms in total. The molecule has 1 saturated heterocycles. The van der Waals surface area contributed by atoms with E-state index in [4.69, 9.17) is 5.14 Å². The molecule has 0 radical (unpaired) electrons. The highest BCUT2D eigenvalue weighted by Crippen LogP contribution is 2.10. The Labute approximate surface area is 167 Å². The lowest BCUT2D eigenvalue weighted by atomic mass is 10.1. The topological polar surface area (TPSA) is 130 Å². The number of carbonyl (C=O) groups excluding carboxylic acids is 1. The lowest BCUT2D eigenvalue weighted by Gasteiger charge is -2.33. The van der Waals surface area contributed by atoms with E-state index in [-0.39, 0.29) is 16.6 Å². The first kappa shape index (κ1) is 22.8. The number of sulfonamides is 2. The molecule has 1 aromatic carbocycles. The molecule has 1 heterocycles. The third-order valence-electron chi connectivity index (χ3n) is 4.73. The second kappa shape index (κ2) is 9.79. The van der Waals surface area contributed by atoms with Gasteiger partial charge in [-0.25, -0.2) is 22.0 Å². The smallest absolute Gasteiger partial charge is 0.238 e. The lowest BCUT2D eigenvalue weighted by Crippen LogP contribution is -2.49. The summed E-state index contributed by atoms with van der Waals surface area (Å²) in [6.07, 6.45) is 0.940. The molecular weight excluding hydrogens is 404 g/mol. The Kier molecular flexibility index (Phi) is 7.96. The van der Waals surface area contributed by atoms with E-state index in [0.717, 1.165) is 5.56 Å². The van der Waals surface area contributed by atoms with Gasteiger partial charge < -0.3 is 10.2 Å². The zero-order chi connectivity index (χ0) is 20.8. The predicted molar refractivity (Wildman–Crippen MR) is 107 cm³/mol. The van der Waals surface area contributed by atoms with Crippen LogP contribution >= 0.6 is 0 Å². The van der Waals surface area contributed by atoms with Crippen molar-refractivity contribution in [1.82, 2.24) is 14.5 Å². The van der Waals surface area contributed by atoms with Crippen LogP contribution in [0.4, 0.5) is 0 Å². The van der Waals surface area contributed by atoms with Crippen LogP contribution in [0.1, 0.15) is 18.9 Å². The van der Waals surface area contributed by atoms with Crippen LogP contribution in [-0.4, -0.2) is 77.0 Å². The van der Waals surface area contributed by atoms with Crippen molar-refractivity contribution in [2.24, 2.45) is 5.14 Å². The van der Waals surface area contributed by atoms with E-state index in [1.165, 1.54) is 16.4 Å².